The highest BCUT2D eigenvalue weighted by Crippen LogP contribution is 2.42. The van der Waals surface area contributed by atoms with E-state index < -0.39 is 0 Å². The van der Waals surface area contributed by atoms with Crippen molar-refractivity contribution in [1.29, 1.82) is 0 Å². The SMILES string of the molecule is CCCCCCC[C@H]1CC[C@H](C#CC2(CCC)CCCCC2)CC1.CCCCCC[C@H]1CC[C@H](C#CC2(CCC)CCCCC2)CC1. The summed E-state index contributed by atoms with van der Waals surface area (Å²) in [6, 6.07) is 0. The molecule has 0 nitrogen and oxygen atoms in total. The summed E-state index contributed by atoms with van der Waals surface area (Å²) in [7, 11) is 0. The molecule has 4 saturated carbocycles. The average molecular weight is 647 g/mol. The third-order valence-electron chi connectivity index (χ3n) is 13.0. The molecular formula is C47H82. The Morgan fingerprint density at radius 3 is 1.13 bits per heavy atom. The van der Waals surface area contributed by atoms with Crippen LogP contribution in [0.2, 0.25) is 0 Å². The molecule has 0 saturated heterocycles. The zero-order chi connectivity index (χ0) is 33.5. The molecule has 0 heteroatoms. The van der Waals surface area contributed by atoms with Gasteiger partial charge in [-0.3, -0.25) is 0 Å². The summed E-state index contributed by atoms with van der Waals surface area (Å²) in [6.45, 7) is 9.29. The van der Waals surface area contributed by atoms with Gasteiger partial charge in [-0.15, -0.1) is 0 Å². The molecule has 0 spiro atoms. The van der Waals surface area contributed by atoms with Crippen molar-refractivity contribution in [2.24, 2.45) is 34.5 Å². The lowest BCUT2D eigenvalue weighted by molar-refractivity contribution is 0.248. The molecule has 4 aliphatic rings. The minimum atomic E-state index is 0.406. The van der Waals surface area contributed by atoms with E-state index in [-0.39, 0.29) is 0 Å². The highest BCUT2D eigenvalue weighted by Gasteiger charge is 2.31. The van der Waals surface area contributed by atoms with Gasteiger partial charge in [0.1, 0.15) is 0 Å². The number of hydrogen-bond donors (Lipinski definition) is 0. The van der Waals surface area contributed by atoms with Crippen LogP contribution in [0.25, 0.3) is 0 Å². The van der Waals surface area contributed by atoms with Crippen molar-refractivity contribution in [3.63, 3.8) is 0 Å². The van der Waals surface area contributed by atoms with E-state index in [1.54, 1.807) is 0 Å². The van der Waals surface area contributed by atoms with Crippen LogP contribution < -0.4 is 0 Å². The second-order valence-corrected chi connectivity index (χ2v) is 17.2. The Bertz CT molecular complexity index is 863. The molecule has 4 rings (SSSR count). The average Bonchev–Trinajstić information content (AvgIpc) is 3.11. The van der Waals surface area contributed by atoms with Crippen LogP contribution in [0.15, 0.2) is 0 Å². The second-order valence-electron chi connectivity index (χ2n) is 17.2. The Kier molecular flexibility index (Phi) is 21.0. The first kappa shape index (κ1) is 40.5. The molecule has 0 aromatic carbocycles. The first-order chi connectivity index (χ1) is 23.1. The van der Waals surface area contributed by atoms with E-state index in [9.17, 15) is 0 Å². The predicted octanol–water partition coefficient (Wildman–Crippen LogP) is 15.4. The molecule has 47 heavy (non-hydrogen) atoms. The topological polar surface area (TPSA) is 0 Å². The van der Waals surface area contributed by atoms with E-state index in [4.69, 9.17) is 0 Å². The van der Waals surface area contributed by atoms with Crippen molar-refractivity contribution in [3.8, 4) is 23.7 Å². The van der Waals surface area contributed by atoms with E-state index >= 15 is 0 Å². The van der Waals surface area contributed by atoms with E-state index in [2.05, 4.69) is 51.4 Å². The number of rotatable bonds is 15. The number of unbranched alkanes of at least 4 members (excludes halogenated alkanes) is 7. The van der Waals surface area contributed by atoms with E-state index in [0.29, 0.717) is 10.8 Å². The minimum absolute atomic E-state index is 0.406. The van der Waals surface area contributed by atoms with Gasteiger partial charge in [-0.05, 0) is 102 Å². The van der Waals surface area contributed by atoms with Crippen LogP contribution in [-0.2, 0) is 0 Å². The quantitative estimate of drug-likeness (QED) is 0.123. The summed E-state index contributed by atoms with van der Waals surface area (Å²) >= 11 is 0. The molecule has 4 fully saturated rings. The summed E-state index contributed by atoms with van der Waals surface area (Å²) in [4.78, 5) is 0. The minimum Gasteiger partial charge on any atom is -0.0993 e. The molecule has 0 aromatic heterocycles. The molecule has 0 aliphatic heterocycles. The van der Waals surface area contributed by atoms with Gasteiger partial charge in [-0.2, -0.15) is 0 Å². The van der Waals surface area contributed by atoms with Crippen LogP contribution in [0, 0.1) is 58.2 Å². The monoisotopic (exact) mass is 647 g/mol. The first-order valence-corrected chi connectivity index (χ1v) is 22.1. The van der Waals surface area contributed by atoms with Crippen molar-refractivity contribution in [1.82, 2.24) is 0 Å². The lowest BCUT2D eigenvalue weighted by Gasteiger charge is -2.33. The summed E-state index contributed by atoms with van der Waals surface area (Å²) in [6.07, 6.45) is 46.6. The highest BCUT2D eigenvalue weighted by atomic mass is 14.3. The van der Waals surface area contributed by atoms with Gasteiger partial charge in [-0.1, -0.05) is 173 Å². The summed E-state index contributed by atoms with van der Waals surface area (Å²) in [5, 5.41) is 0. The Morgan fingerprint density at radius 1 is 0.404 bits per heavy atom. The normalized spacial score (nSPS) is 26.9. The van der Waals surface area contributed by atoms with Crippen molar-refractivity contribution in [2.45, 2.75) is 240 Å². The van der Waals surface area contributed by atoms with E-state index in [0.717, 1.165) is 23.7 Å². The highest BCUT2D eigenvalue weighted by molar-refractivity contribution is 5.16. The van der Waals surface area contributed by atoms with E-state index in [1.165, 1.54) is 212 Å². The largest absolute Gasteiger partial charge is 0.0993 e. The molecule has 270 valence electrons. The number of hydrogen-bond acceptors (Lipinski definition) is 0. The lowest BCUT2D eigenvalue weighted by Crippen LogP contribution is -2.22. The Morgan fingerprint density at radius 2 is 0.766 bits per heavy atom. The van der Waals surface area contributed by atoms with Crippen LogP contribution in [0.4, 0.5) is 0 Å². The molecule has 0 bridgehead atoms. The molecule has 0 aromatic rings. The summed E-state index contributed by atoms with van der Waals surface area (Å²) in [5.74, 6) is 18.7. The Labute approximate surface area is 297 Å². The summed E-state index contributed by atoms with van der Waals surface area (Å²) in [5.41, 5.74) is 0.813. The fourth-order valence-electron chi connectivity index (χ4n) is 9.89. The van der Waals surface area contributed by atoms with Crippen LogP contribution in [0.1, 0.15) is 240 Å². The van der Waals surface area contributed by atoms with Crippen molar-refractivity contribution >= 4 is 0 Å². The van der Waals surface area contributed by atoms with Crippen LogP contribution in [0.3, 0.4) is 0 Å². The maximum atomic E-state index is 3.84. The maximum absolute atomic E-state index is 3.84. The van der Waals surface area contributed by atoms with Crippen molar-refractivity contribution < 1.29 is 0 Å². The molecule has 0 atom stereocenters. The van der Waals surface area contributed by atoms with Crippen LogP contribution in [-0.4, -0.2) is 0 Å². The smallest absolute Gasteiger partial charge is 0.0314 e. The first-order valence-electron chi connectivity index (χ1n) is 22.1. The standard InChI is InChI=1S/C24H42.C23H40/c1-3-5-6-7-9-12-22-13-15-23(16-14-22)17-21-24(18-4-2)19-10-8-11-20-24;1-3-5-6-8-11-21-12-14-22(15-13-21)16-20-23(17-4-2)18-9-7-10-19-23/h22-23H,3-16,18-20H2,1-2H3;21-22H,3-15,17-19H2,1-2H3/t22-,23-;21-,22-. The van der Waals surface area contributed by atoms with E-state index in [1.807, 2.05) is 0 Å². The Hall–Kier alpha value is -0.880. The van der Waals surface area contributed by atoms with Gasteiger partial charge in [0.25, 0.3) is 0 Å². The molecule has 0 radical (unpaired) electrons. The van der Waals surface area contributed by atoms with Gasteiger partial charge < -0.3 is 0 Å². The maximum Gasteiger partial charge on any atom is 0.0314 e. The van der Waals surface area contributed by atoms with Crippen LogP contribution >= 0.6 is 0 Å². The molecular weight excluding hydrogens is 565 g/mol. The zero-order valence-electron chi connectivity index (χ0n) is 32.6. The third-order valence-corrected chi connectivity index (χ3v) is 13.0. The molecule has 4 aliphatic carbocycles. The van der Waals surface area contributed by atoms with Gasteiger partial charge in [0.05, 0.1) is 0 Å². The van der Waals surface area contributed by atoms with Gasteiger partial charge >= 0.3 is 0 Å². The van der Waals surface area contributed by atoms with Gasteiger partial charge in [-0.25, -0.2) is 0 Å². The molecule has 0 N–H and O–H groups in total. The zero-order valence-corrected chi connectivity index (χ0v) is 32.6. The van der Waals surface area contributed by atoms with Crippen LogP contribution in [0.5, 0.6) is 0 Å². The van der Waals surface area contributed by atoms with Crippen molar-refractivity contribution in [3.05, 3.63) is 0 Å². The third kappa shape index (κ3) is 16.1. The fraction of sp³-hybridized carbons (Fsp3) is 0.915. The second kappa shape index (κ2) is 24.3. The molecule has 0 unspecified atom stereocenters. The lowest BCUT2D eigenvalue weighted by atomic mass is 9.71. The van der Waals surface area contributed by atoms with Gasteiger partial charge in [0, 0.05) is 22.7 Å². The fourth-order valence-corrected chi connectivity index (χ4v) is 9.89. The summed E-state index contributed by atoms with van der Waals surface area (Å²) < 4.78 is 0. The molecule has 0 amide bonds. The van der Waals surface area contributed by atoms with Gasteiger partial charge in [0.2, 0.25) is 0 Å². The Balaban J connectivity index is 0.000000256. The van der Waals surface area contributed by atoms with Gasteiger partial charge in [0.15, 0.2) is 0 Å². The predicted molar refractivity (Wildman–Crippen MR) is 209 cm³/mol. The molecule has 0 heterocycles. The van der Waals surface area contributed by atoms with Crippen molar-refractivity contribution in [2.75, 3.05) is 0 Å².